The van der Waals surface area contributed by atoms with Crippen LogP contribution >= 0.6 is 11.3 Å². The average molecular weight is 1310 g/mol. The van der Waals surface area contributed by atoms with Gasteiger partial charge in [0.25, 0.3) is 6.71 Å². The molecular formula is C96H65BN2OS. The summed E-state index contributed by atoms with van der Waals surface area (Å²) in [7, 11) is 0. The monoisotopic (exact) mass is 1300 g/mol. The van der Waals surface area contributed by atoms with E-state index in [2.05, 4.69) is 370 Å². The van der Waals surface area contributed by atoms with Crippen molar-refractivity contribution in [3.05, 3.63) is 345 Å². The fourth-order valence-electron chi connectivity index (χ4n) is 16.9. The molecule has 2 aromatic heterocycles. The number of para-hydroxylation sites is 4. The Morgan fingerprint density at radius 1 is 0.297 bits per heavy atom. The summed E-state index contributed by atoms with van der Waals surface area (Å²) < 4.78 is 9.48. The molecule has 0 aliphatic carbocycles. The van der Waals surface area contributed by atoms with E-state index in [1.54, 1.807) is 0 Å². The largest absolute Gasteiger partial charge is 0.455 e. The van der Waals surface area contributed by atoms with Gasteiger partial charge in [-0.25, -0.2) is 0 Å². The number of fused-ring (bicyclic) bond motifs is 12. The van der Waals surface area contributed by atoms with Crippen molar-refractivity contribution >= 4 is 132 Å². The van der Waals surface area contributed by atoms with E-state index in [-0.39, 0.29) is 12.1 Å². The molecule has 2 aliphatic rings. The molecule has 20 rings (SSSR count). The summed E-state index contributed by atoms with van der Waals surface area (Å²) in [5.41, 5.74) is 29.5. The lowest BCUT2D eigenvalue weighted by Crippen LogP contribution is -2.61. The molecule has 0 spiro atoms. The zero-order chi connectivity index (χ0) is 67.0. The van der Waals surface area contributed by atoms with Gasteiger partial charge in [0.2, 0.25) is 0 Å². The third-order valence-corrected chi connectivity index (χ3v) is 22.5. The number of rotatable bonds is 9. The van der Waals surface area contributed by atoms with Gasteiger partial charge in [-0.1, -0.05) is 318 Å². The van der Waals surface area contributed by atoms with Crippen LogP contribution in [0.3, 0.4) is 0 Å². The molecule has 0 atom stereocenters. The van der Waals surface area contributed by atoms with E-state index in [1.165, 1.54) is 85.9 Å². The van der Waals surface area contributed by atoms with Crippen LogP contribution in [0.25, 0.3) is 142 Å². The van der Waals surface area contributed by atoms with Crippen molar-refractivity contribution in [3.8, 4) is 77.9 Å². The Hall–Kier alpha value is -12.3. The summed E-state index contributed by atoms with van der Waals surface area (Å²) in [6, 6.07) is 127. The molecule has 16 aromatic carbocycles. The van der Waals surface area contributed by atoms with E-state index in [4.69, 9.17) is 4.42 Å². The smallest absolute Gasteiger partial charge is 0.252 e. The molecule has 0 unspecified atom stereocenters. The average Bonchev–Trinajstić information content (AvgIpc) is 1.27. The molecule has 0 fully saturated rings. The molecule has 0 bridgehead atoms. The van der Waals surface area contributed by atoms with Crippen LogP contribution in [0.5, 0.6) is 0 Å². The first-order valence-corrected chi connectivity index (χ1v) is 35.9. The fourth-order valence-corrected chi connectivity index (χ4v) is 18.0. The first-order chi connectivity index (χ1) is 49.8. The first-order valence-electron chi connectivity index (χ1n) is 35.1. The van der Waals surface area contributed by atoms with Crippen molar-refractivity contribution < 1.29 is 4.42 Å². The van der Waals surface area contributed by atoms with Crippen LogP contribution in [-0.4, -0.2) is 6.71 Å². The number of thiophene rings is 1. The lowest BCUT2D eigenvalue weighted by molar-refractivity contribution is 0.590. The Morgan fingerprint density at radius 3 is 1.30 bits per heavy atom. The molecule has 101 heavy (non-hydrogen) atoms. The highest BCUT2D eigenvalue weighted by atomic mass is 32.1. The quantitative estimate of drug-likeness (QED) is 0.106. The normalized spacial score (nSPS) is 12.6. The lowest BCUT2D eigenvalue weighted by atomic mass is 9.33. The van der Waals surface area contributed by atoms with Crippen molar-refractivity contribution in [3.63, 3.8) is 0 Å². The Balaban J connectivity index is 0.937. The maximum Gasteiger partial charge on any atom is 0.252 e. The number of furan rings is 1. The molecule has 5 heteroatoms. The summed E-state index contributed by atoms with van der Waals surface area (Å²) in [4.78, 5) is 5.39. The summed E-state index contributed by atoms with van der Waals surface area (Å²) in [5.74, 6) is 0. The zero-order valence-corrected chi connectivity index (χ0v) is 56.9. The maximum atomic E-state index is 6.91. The minimum Gasteiger partial charge on any atom is -0.455 e. The number of hydrogen-bond acceptors (Lipinski definition) is 4. The third kappa shape index (κ3) is 9.27. The summed E-state index contributed by atoms with van der Waals surface area (Å²) in [6.45, 7) is 6.91. The van der Waals surface area contributed by atoms with E-state index in [1.807, 2.05) is 11.3 Å². The van der Waals surface area contributed by atoms with Crippen molar-refractivity contribution in [1.82, 2.24) is 0 Å². The second kappa shape index (κ2) is 23.2. The van der Waals surface area contributed by atoms with Crippen LogP contribution in [0, 0.1) is 0 Å². The predicted molar refractivity (Wildman–Crippen MR) is 432 cm³/mol. The highest BCUT2D eigenvalue weighted by molar-refractivity contribution is 7.26. The molecule has 2 aliphatic heterocycles. The van der Waals surface area contributed by atoms with Crippen molar-refractivity contribution in [2.24, 2.45) is 0 Å². The SMILES string of the molecule is CC(C)(C)c1cc2c3c(c1)N(c1c(-c4ccccc4)cccc1-c1ccccc1)c1cc(-c4c5ccccc5c(-c5cccc6c5oc5ccccc56)c5ccccc45)ccc1B3c1cc(-c3cccc4sc5ccccc5c34)ccc1N2c1c(-c2ccccc2)cccc1-c1ccccc1. The molecule has 4 heterocycles. The van der Waals surface area contributed by atoms with Gasteiger partial charge in [-0.15, -0.1) is 11.3 Å². The van der Waals surface area contributed by atoms with E-state index in [0.717, 1.165) is 112 Å². The summed E-state index contributed by atoms with van der Waals surface area (Å²) in [5, 5.41) is 9.50. The highest BCUT2D eigenvalue weighted by Crippen LogP contribution is 2.56. The van der Waals surface area contributed by atoms with E-state index in [0.29, 0.717) is 0 Å². The zero-order valence-electron chi connectivity index (χ0n) is 56.1. The van der Waals surface area contributed by atoms with E-state index in [9.17, 15) is 0 Å². The van der Waals surface area contributed by atoms with Gasteiger partial charge < -0.3 is 14.2 Å². The lowest BCUT2D eigenvalue weighted by Gasteiger charge is -2.46. The van der Waals surface area contributed by atoms with Crippen LogP contribution in [0.4, 0.5) is 34.1 Å². The molecule has 18 aromatic rings. The van der Waals surface area contributed by atoms with Gasteiger partial charge in [0, 0.05) is 87.1 Å². The second-order valence-electron chi connectivity index (χ2n) is 28.1. The summed E-state index contributed by atoms with van der Waals surface area (Å²) >= 11 is 1.88. The molecule has 0 N–H and O–H groups in total. The Kier molecular flexibility index (Phi) is 13.5. The number of anilines is 6. The van der Waals surface area contributed by atoms with Gasteiger partial charge in [0.05, 0.1) is 11.4 Å². The Labute approximate surface area is 591 Å². The molecule has 0 radical (unpaired) electrons. The van der Waals surface area contributed by atoms with Crippen LogP contribution in [-0.2, 0) is 5.41 Å². The van der Waals surface area contributed by atoms with Crippen molar-refractivity contribution in [2.45, 2.75) is 26.2 Å². The highest BCUT2D eigenvalue weighted by Gasteiger charge is 2.46. The van der Waals surface area contributed by atoms with Gasteiger partial charge >= 0.3 is 0 Å². The number of hydrogen-bond donors (Lipinski definition) is 0. The van der Waals surface area contributed by atoms with E-state index >= 15 is 0 Å². The van der Waals surface area contributed by atoms with Gasteiger partial charge in [-0.2, -0.15) is 0 Å². The number of nitrogens with zero attached hydrogens (tertiary/aromatic N) is 2. The predicted octanol–water partition coefficient (Wildman–Crippen LogP) is 25.3. The third-order valence-electron chi connectivity index (χ3n) is 21.4. The molecule has 0 saturated heterocycles. The van der Waals surface area contributed by atoms with Crippen LogP contribution in [0.15, 0.2) is 344 Å². The first kappa shape index (κ1) is 58.8. The van der Waals surface area contributed by atoms with Gasteiger partial charge in [-0.3, -0.25) is 0 Å². The summed E-state index contributed by atoms with van der Waals surface area (Å²) in [6.07, 6.45) is 0. The standard InChI is InChI=1S/C96H65BN2OS/c1-96(2,3)66-58-84-92-85(59-66)99(94-70(62-32-12-6-13-33-62)45-25-46-71(94)63-34-14-7-15-35-63)83-57-65(89-73-37-16-18-39-75(73)90(76-40-19-17-38-74(76)89)79-48-26-47-77-72-36-20-22-49-86(72)100-95(77)79)52-54-80(83)97(92)81-56-64(67-42-27-51-88-91(67)78-41-21-23-50-87(78)101-88)53-55-82(81)98(84)93-68(60-28-8-4-9-29-60)43-24-44-69(93)61-30-10-5-11-31-61/h4-59H,1-3H3. The van der Waals surface area contributed by atoms with Crippen LogP contribution < -0.4 is 26.2 Å². The number of benzene rings is 16. The van der Waals surface area contributed by atoms with Gasteiger partial charge in [0.15, 0.2) is 0 Å². The second-order valence-corrected chi connectivity index (χ2v) is 29.2. The van der Waals surface area contributed by atoms with Crippen LogP contribution in [0.1, 0.15) is 26.3 Å². The Bertz CT molecular complexity index is 6210. The minimum atomic E-state index is -0.304. The van der Waals surface area contributed by atoms with Gasteiger partial charge in [0.1, 0.15) is 11.2 Å². The maximum absolute atomic E-state index is 6.91. The van der Waals surface area contributed by atoms with Crippen molar-refractivity contribution in [2.75, 3.05) is 9.80 Å². The Morgan fingerprint density at radius 2 is 0.733 bits per heavy atom. The fraction of sp³-hybridized carbons (Fsp3) is 0.0417. The van der Waals surface area contributed by atoms with E-state index < -0.39 is 0 Å². The molecule has 0 amide bonds. The van der Waals surface area contributed by atoms with Gasteiger partial charge in [-0.05, 0) is 136 Å². The topological polar surface area (TPSA) is 19.6 Å². The molecule has 474 valence electrons. The molecular weight excluding hydrogens is 1240 g/mol. The minimum absolute atomic E-state index is 0.243. The molecule has 3 nitrogen and oxygen atoms in total. The van der Waals surface area contributed by atoms with Crippen molar-refractivity contribution in [1.29, 1.82) is 0 Å². The molecule has 0 saturated carbocycles. The van der Waals surface area contributed by atoms with Crippen LogP contribution in [0.2, 0.25) is 0 Å².